The van der Waals surface area contributed by atoms with Gasteiger partial charge in [-0.25, -0.2) is 0 Å². The number of carboxylic acids is 1. The maximum absolute atomic E-state index is 11.3. The van der Waals surface area contributed by atoms with Crippen LogP contribution in [0, 0.1) is 0 Å². The van der Waals surface area contributed by atoms with Gasteiger partial charge < -0.3 is 15.6 Å². The van der Waals surface area contributed by atoms with E-state index in [4.69, 9.17) is 5.73 Å². The van der Waals surface area contributed by atoms with Gasteiger partial charge in [0.05, 0.1) is 5.56 Å². The van der Waals surface area contributed by atoms with Crippen molar-refractivity contribution in [2.24, 2.45) is 5.73 Å². The largest absolute Gasteiger partial charge is 1.00 e. The Hall–Kier alpha value is 0.600. The number of aliphatic carboxylic acids is 1. The molecule has 18 heavy (non-hydrogen) atoms. The van der Waals surface area contributed by atoms with Crippen LogP contribution in [0.4, 0.5) is 0 Å². The molecule has 0 saturated heterocycles. The summed E-state index contributed by atoms with van der Waals surface area (Å²) in [6, 6.07) is 1.66. The Kier molecular flexibility index (Phi) is 8.28. The number of benzene rings is 1. The van der Waals surface area contributed by atoms with Crippen LogP contribution >= 0.6 is 47.8 Å². The van der Waals surface area contributed by atoms with Gasteiger partial charge in [0.25, 0.3) is 5.91 Å². The van der Waals surface area contributed by atoms with E-state index in [1.165, 1.54) is 0 Å². The van der Waals surface area contributed by atoms with Gasteiger partial charge in [-0.15, -0.1) is 0 Å². The van der Waals surface area contributed by atoms with E-state index in [9.17, 15) is 14.7 Å². The van der Waals surface area contributed by atoms with Crippen LogP contribution in [-0.2, 0) is 11.2 Å². The number of rotatable bonds is 4. The van der Waals surface area contributed by atoms with Gasteiger partial charge in [0, 0.05) is 19.4 Å². The first-order valence-electron chi connectivity index (χ1n) is 4.50. The predicted octanol–water partition coefficient (Wildman–Crippen LogP) is -1.24. The average Bonchev–Trinajstić information content (AvgIpc) is 2.14. The first-order valence-corrected chi connectivity index (χ1v) is 6.88. The van der Waals surface area contributed by atoms with Crippen molar-refractivity contribution in [1.29, 1.82) is 0 Å². The molecule has 0 aromatic heterocycles. The Morgan fingerprint density at radius 3 is 2.22 bits per heavy atom. The SMILES string of the molecule is NC(=O)c1c(Br)cc(Br)c(CCC(=O)[O-])c1Br.[Na+]. The van der Waals surface area contributed by atoms with Crippen molar-refractivity contribution in [1.82, 2.24) is 0 Å². The van der Waals surface area contributed by atoms with E-state index in [0.717, 1.165) is 0 Å². The number of carboxylic acid groups (broad SMARTS) is 1. The molecule has 0 saturated carbocycles. The van der Waals surface area contributed by atoms with Crippen LogP contribution in [0.2, 0.25) is 0 Å². The molecule has 0 bridgehead atoms. The summed E-state index contributed by atoms with van der Waals surface area (Å²) in [4.78, 5) is 21.7. The van der Waals surface area contributed by atoms with Crippen LogP contribution in [0.3, 0.4) is 0 Å². The van der Waals surface area contributed by atoms with Gasteiger partial charge in [-0.2, -0.15) is 0 Å². The molecule has 2 N–H and O–H groups in total. The van der Waals surface area contributed by atoms with Crippen molar-refractivity contribution in [2.75, 3.05) is 0 Å². The standard InChI is InChI=1S/C10H8Br3NO3.Na/c11-5-3-6(12)8(10(14)17)9(13)4(5)1-2-7(15)16;/h3H,1-2H2,(H2,14,17)(H,15,16);/q;+1/p-1. The summed E-state index contributed by atoms with van der Waals surface area (Å²) < 4.78 is 1.73. The Labute approximate surface area is 151 Å². The topological polar surface area (TPSA) is 83.2 Å². The third-order valence-electron chi connectivity index (χ3n) is 2.09. The number of hydrogen-bond acceptors (Lipinski definition) is 3. The van der Waals surface area contributed by atoms with Crippen molar-refractivity contribution in [3.63, 3.8) is 0 Å². The van der Waals surface area contributed by atoms with Gasteiger partial charge >= 0.3 is 29.6 Å². The number of hydrogen-bond donors (Lipinski definition) is 1. The molecule has 0 aliphatic carbocycles. The Balaban J connectivity index is 0.00000289. The molecule has 4 nitrogen and oxygen atoms in total. The molecule has 1 aromatic rings. The van der Waals surface area contributed by atoms with Crippen LogP contribution in [-0.4, -0.2) is 11.9 Å². The third-order valence-corrected chi connectivity index (χ3v) is 4.30. The molecule has 0 radical (unpaired) electrons. The van der Waals surface area contributed by atoms with Gasteiger partial charge in [0.2, 0.25) is 0 Å². The molecule has 0 aliphatic rings. The van der Waals surface area contributed by atoms with Gasteiger partial charge in [0.15, 0.2) is 0 Å². The minimum Gasteiger partial charge on any atom is -0.550 e. The van der Waals surface area contributed by atoms with Gasteiger partial charge in [0.1, 0.15) is 0 Å². The summed E-state index contributed by atoms with van der Waals surface area (Å²) in [5.41, 5.74) is 6.21. The molecule has 8 heteroatoms. The molecule has 1 amide bonds. The fourth-order valence-electron chi connectivity index (χ4n) is 1.31. The van der Waals surface area contributed by atoms with Crippen molar-refractivity contribution >= 4 is 59.7 Å². The minimum absolute atomic E-state index is 0. The second-order valence-electron chi connectivity index (χ2n) is 3.24. The summed E-state index contributed by atoms with van der Waals surface area (Å²) >= 11 is 9.79. The maximum atomic E-state index is 11.3. The molecule has 0 aliphatic heterocycles. The number of primary amides is 1. The van der Waals surface area contributed by atoms with E-state index >= 15 is 0 Å². The number of nitrogens with two attached hydrogens (primary N) is 1. The van der Waals surface area contributed by atoms with Gasteiger partial charge in [-0.05, 0) is 56.3 Å². The molecule has 0 atom stereocenters. The summed E-state index contributed by atoms with van der Waals surface area (Å²) in [7, 11) is 0. The number of carbonyl (C=O) groups excluding carboxylic acids is 2. The molecule has 0 fully saturated rings. The normalized spacial score (nSPS) is 9.72. The molecule has 1 rings (SSSR count). The molecule has 1 aromatic carbocycles. The molecular formula is C10H7Br3NNaO3. The van der Waals surface area contributed by atoms with E-state index in [0.29, 0.717) is 24.5 Å². The Morgan fingerprint density at radius 1 is 1.22 bits per heavy atom. The van der Waals surface area contributed by atoms with E-state index in [1.54, 1.807) is 6.07 Å². The monoisotopic (exact) mass is 449 g/mol. The van der Waals surface area contributed by atoms with E-state index in [2.05, 4.69) is 47.8 Å². The predicted molar refractivity (Wildman–Crippen MR) is 71.4 cm³/mol. The molecule has 92 valence electrons. The number of amides is 1. The summed E-state index contributed by atoms with van der Waals surface area (Å²) in [5, 5.41) is 10.4. The number of carbonyl (C=O) groups is 2. The zero-order valence-electron chi connectivity index (χ0n) is 9.43. The first kappa shape index (κ1) is 18.6. The fourth-order valence-corrected chi connectivity index (χ4v) is 4.22. The van der Waals surface area contributed by atoms with Crippen molar-refractivity contribution < 1.29 is 44.3 Å². The minimum atomic E-state index is -1.15. The van der Waals surface area contributed by atoms with Crippen LogP contribution < -0.4 is 40.4 Å². The third kappa shape index (κ3) is 4.61. The van der Waals surface area contributed by atoms with Crippen molar-refractivity contribution in [3.8, 4) is 0 Å². The van der Waals surface area contributed by atoms with Crippen LogP contribution in [0.25, 0.3) is 0 Å². The first-order chi connectivity index (χ1) is 7.84. The second-order valence-corrected chi connectivity index (χ2v) is 5.75. The smallest absolute Gasteiger partial charge is 0.550 e. The second kappa shape index (κ2) is 8.01. The van der Waals surface area contributed by atoms with Gasteiger partial charge in [-0.1, -0.05) is 15.9 Å². The Morgan fingerprint density at radius 2 is 1.78 bits per heavy atom. The zero-order chi connectivity index (χ0) is 13.2. The van der Waals surface area contributed by atoms with Crippen LogP contribution in [0.15, 0.2) is 19.5 Å². The number of halogens is 3. The zero-order valence-corrected chi connectivity index (χ0v) is 16.2. The fraction of sp³-hybridized carbons (Fsp3) is 0.200. The van der Waals surface area contributed by atoms with Crippen molar-refractivity contribution in [2.45, 2.75) is 12.8 Å². The average molecular weight is 452 g/mol. The van der Waals surface area contributed by atoms with Crippen LogP contribution in [0.1, 0.15) is 22.3 Å². The summed E-state index contributed by atoms with van der Waals surface area (Å²) in [6.45, 7) is 0. The van der Waals surface area contributed by atoms with E-state index in [1.807, 2.05) is 0 Å². The summed E-state index contributed by atoms with van der Waals surface area (Å²) in [5.74, 6) is -1.74. The van der Waals surface area contributed by atoms with Crippen LogP contribution in [0.5, 0.6) is 0 Å². The molecule has 0 spiro atoms. The van der Waals surface area contributed by atoms with E-state index < -0.39 is 11.9 Å². The van der Waals surface area contributed by atoms with Gasteiger partial charge in [-0.3, -0.25) is 4.79 Å². The quantitative estimate of drug-likeness (QED) is 0.581. The molecule has 0 heterocycles. The van der Waals surface area contributed by atoms with E-state index in [-0.39, 0.29) is 42.4 Å². The maximum Gasteiger partial charge on any atom is 1.00 e. The van der Waals surface area contributed by atoms with Crippen molar-refractivity contribution in [3.05, 3.63) is 30.6 Å². The molecule has 0 unspecified atom stereocenters. The summed E-state index contributed by atoms with van der Waals surface area (Å²) in [6.07, 6.45) is 0.119. The molecular weight excluding hydrogens is 445 g/mol. The Bertz CT molecular complexity index is 494.